The van der Waals surface area contributed by atoms with Crippen molar-refractivity contribution >= 4 is 0 Å². The van der Waals surface area contributed by atoms with Crippen LogP contribution < -0.4 is 10.1 Å². The molecule has 20 heavy (non-hydrogen) atoms. The van der Waals surface area contributed by atoms with E-state index in [1.165, 1.54) is 0 Å². The number of aliphatic hydroxyl groups is 1. The number of benzene rings is 1. The number of aromatic hydroxyl groups is 1. The van der Waals surface area contributed by atoms with E-state index in [1.54, 1.807) is 12.1 Å². The van der Waals surface area contributed by atoms with Crippen LogP contribution in [0.1, 0.15) is 44.2 Å². The summed E-state index contributed by atoms with van der Waals surface area (Å²) >= 11 is 0. The van der Waals surface area contributed by atoms with E-state index in [2.05, 4.69) is 12.2 Å². The molecule has 1 atom stereocenters. The molecule has 2 aliphatic rings. The van der Waals surface area contributed by atoms with Crippen molar-refractivity contribution in [2.24, 2.45) is 5.92 Å². The van der Waals surface area contributed by atoms with Crippen LogP contribution in [0, 0.1) is 5.92 Å². The van der Waals surface area contributed by atoms with Crippen LogP contribution in [0.5, 0.6) is 11.5 Å². The third-order valence-corrected chi connectivity index (χ3v) is 4.66. The van der Waals surface area contributed by atoms with E-state index in [-0.39, 0.29) is 11.8 Å². The Morgan fingerprint density at radius 2 is 2.10 bits per heavy atom. The summed E-state index contributed by atoms with van der Waals surface area (Å²) in [5, 5.41) is 23.5. The third kappa shape index (κ3) is 2.76. The Bertz CT molecular complexity index is 481. The van der Waals surface area contributed by atoms with Gasteiger partial charge in [-0.1, -0.05) is 6.92 Å². The van der Waals surface area contributed by atoms with Crippen LogP contribution in [0.15, 0.2) is 18.2 Å². The summed E-state index contributed by atoms with van der Waals surface area (Å²) in [6.07, 6.45) is 3.95. The van der Waals surface area contributed by atoms with Crippen molar-refractivity contribution in [3.8, 4) is 11.5 Å². The molecule has 1 heterocycles. The maximum Gasteiger partial charge on any atom is 0.127 e. The summed E-state index contributed by atoms with van der Waals surface area (Å²) in [7, 11) is 0. The number of phenols is 1. The predicted octanol–water partition coefficient (Wildman–Crippen LogP) is 2.36. The van der Waals surface area contributed by atoms with E-state index in [0.29, 0.717) is 13.2 Å². The minimum absolute atomic E-state index is 0.106. The number of hydrogen-bond acceptors (Lipinski definition) is 4. The molecule has 3 rings (SSSR count). The highest BCUT2D eigenvalue weighted by atomic mass is 16.5. The van der Waals surface area contributed by atoms with Crippen LogP contribution in [0.3, 0.4) is 0 Å². The fourth-order valence-electron chi connectivity index (χ4n) is 3.16. The molecule has 0 radical (unpaired) electrons. The van der Waals surface area contributed by atoms with Crippen molar-refractivity contribution in [1.82, 2.24) is 5.32 Å². The molecule has 0 saturated heterocycles. The van der Waals surface area contributed by atoms with Crippen LogP contribution in [-0.2, 0) is 0 Å². The average molecular weight is 277 g/mol. The summed E-state index contributed by atoms with van der Waals surface area (Å²) in [5.41, 5.74) is 0.488. The number of ether oxygens (including phenoxy) is 1. The molecule has 1 fully saturated rings. The minimum atomic E-state index is -0.577. The fraction of sp³-hybridized carbons (Fsp3) is 0.625. The molecule has 1 aliphatic heterocycles. The predicted molar refractivity (Wildman–Crippen MR) is 76.9 cm³/mol. The van der Waals surface area contributed by atoms with Crippen LogP contribution in [0.2, 0.25) is 0 Å². The van der Waals surface area contributed by atoms with Crippen molar-refractivity contribution in [3.63, 3.8) is 0 Å². The van der Waals surface area contributed by atoms with Gasteiger partial charge in [-0.25, -0.2) is 0 Å². The lowest BCUT2D eigenvalue weighted by Gasteiger charge is -2.35. The molecule has 0 amide bonds. The second-order valence-corrected chi connectivity index (χ2v) is 6.37. The lowest BCUT2D eigenvalue weighted by atomic mass is 9.79. The van der Waals surface area contributed by atoms with Gasteiger partial charge in [0.15, 0.2) is 0 Å². The van der Waals surface area contributed by atoms with Crippen LogP contribution >= 0.6 is 0 Å². The van der Waals surface area contributed by atoms with Crippen molar-refractivity contribution in [1.29, 1.82) is 0 Å². The number of rotatable bonds is 3. The first-order valence-electron chi connectivity index (χ1n) is 7.47. The molecule has 1 saturated carbocycles. The van der Waals surface area contributed by atoms with Gasteiger partial charge in [0.2, 0.25) is 0 Å². The topological polar surface area (TPSA) is 61.7 Å². The highest BCUT2D eigenvalue weighted by Crippen LogP contribution is 2.36. The van der Waals surface area contributed by atoms with E-state index in [0.717, 1.165) is 42.9 Å². The molecule has 1 aliphatic carbocycles. The van der Waals surface area contributed by atoms with E-state index < -0.39 is 5.60 Å². The standard InChI is InChI=1S/C16H23NO3/c1-11-4-6-16(19,7-5-11)10-17-14-9-20-15-8-12(18)2-3-13(14)15/h2-3,8,11,14,17-19H,4-7,9-10H2,1H3. The largest absolute Gasteiger partial charge is 0.508 e. The zero-order valence-electron chi connectivity index (χ0n) is 11.9. The van der Waals surface area contributed by atoms with Crippen molar-refractivity contribution in [2.45, 2.75) is 44.2 Å². The van der Waals surface area contributed by atoms with Gasteiger partial charge in [-0.2, -0.15) is 0 Å². The number of hydrogen-bond donors (Lipinski definition) is 3. The molecule has 0 bridgehead atoms. The molecule has 110 valence electrons. The van der Waals surface area contributed by atoms with Gasteiger partial charge >= 0.3 is 0 Å². The molecule has 4 nitrogen and oxygen atoms in total. The van der Waals surface area contributed by atoms with Gasteiger partial charge in [0.05, 0.1) is 11.6 Å². The van der Waals surface area contributed by atoms with Gasteiger partial charge in [-0.15, -0.1) is 0 Å². The Morgan fingerprint density at radius 3 is 2.85 bits per heavy atom. The zero-order valence-corrected chi connectivity index (χ0v) is 11.9. The van der Waals surface area contributed by atoms with Crippen molar-refractivity contribution in [2.75, 3.05) is 13.2 Å². The van der Waals surface area contributed by atoms with E-state index in [9.17, 15) is 10.2 Å². The fourth-order valence-corrected chi connectivity index (χ4v) is 3.16. The van der Waals surface area contributed by atoms with Gasteiger partial charge in [-0.3, -0.25) is 0 Å². The first kappa shape index (κ1) is 13.7. The zero-order chi connectivity index (χ0) is 14.2. The number of phenolic OH excluding ortho intramolecular Hbond substituents is 1. The average Bonchev–Trinajstić information content (AvgIpc) is 2.83. The Kier molecular flexibility index (Phi) is 3.61. The van der Waals surface area contributed by atoms with Crippen molar-refractivity contribution in [3.05, 3.63) is 23.8 Å². The highest BCUT2D eigenvalue weighted by Gasteiger charge is 2.33. The van der Waals surface area contributed by atoms with Crippen LogP contribution in [-0.4, -0.2) is 29.0 Å². The molecular weight excluding hydrogens is 254 g/mol. The summed E-state index contributed by atoms with van der Waals surface area (Å²) in [6.45, 7) is 3.42. The van der Waals surface area contributed by atoms with Crippen LogP contribution in [0.4, 0.5) is 0 Å². The third-order valence-electron chi connectivity index (χ3n) is 4.66. The van der Waals surface area contributed by atoms with Crippen molar-refractivity contribution < 1.29 is 14.9 Å². The smallest absolute Gasteiger partial charge is 0.127 e. The lowest BCUT2D eigenvalue weighted by Crippen LogP contribution is -2.44. The second kappa shape index (κ2) is 5.26. The van der Waals surface area contributed by atoms with Gasteiger partial charge in [0.1, 0.15) is 18.1 Å². The molecule has 0 aromatic heterocycles. The molecule has 1 unspecified atom stereocenters. The minimum Gasteiger partial charge on any atom is -0.508 e. The summed E-state index contributed by atoms with van der Waals surface area (Å²) in [4.78, 5) is 0. The van der Waals surface area contributed by atoms with Crippen LogP contribution in [0.25, 0.3) is 0 Å². The monoisotopic (exact) mass is 277 g/mol. The SMILES string of the molecule is CC1CCC(O)(CNC2COc3cc(O)ccc32)CC1. The van der Waals surface area contributed by atoms with E-state index in [1.807, 2.05) is 6.07 Å². The second-order valence-electron chi connectivity index (χ2n) is 6.37. The molecule has 0 spiro atoms. The maximum atomic E-state index is 10.6. The Morgan fingerprint density at radius 1 is 1.35 bits per heavy atom. The Balaban J connectivity index is 1.60. The quantitative estimate of drug-likeness (QED) is 0.793. The molecule has 3 N–H and O–H groups in total. The summed E-state index contributed by atoms with van der Waals surface area (Å²) < 4.78 is 5.58. The van der Waals surface area contributed by atoms with Gasteiger partial charge in [0.25, 0.3) is 0 Å². The number of fused-ring (bicyclic) bond motifs is 1. The normalized spacial score (nSPS) is 32.7. The molecule has 4 heteroatoms. The number of nitrogens with one attached hydrogen (secondary N) is 1. The maximum absolute atomic E-state index is 10.6. The summed E-state index contributed by atoms with van der Waals surface area (Å²) in [6, 6.07) is 5.32. The van der Waals surface area contributed by atoms with Gasteiger partial charge in [-0.05, 0) is 43.7 Å². The van der Waals surface area contributed by atoms with Gasteiger partial charge in [0, 0.05) is 18.2 Å². The van der Waals surface area contributed by atoms with Gasteiger partial charge < -0.3 is 20.3 Å². The Hall–Kier alpha value is -1.26. The molecule has 1 aromatic carbocycles. The molecule has 1 aromatic rings. The summed E-state index contributed by atoms with van der Waals surface area (Å²) in [5.74, 6) is 1.70. The lowest BCUT2D eigenvalue weighted by molar-refractivity contribution is -0.00859. The Labute approximate surface area is 119 Å². The molecular formula is C16H23NO3. The van der Waals surface area contributed by atoms with E-state index >= 15 is 0 Å². The first-order valence-corrected chi connectivity index (χ1v) is 7.47. The first-order chi connectivity index (χ1) is 9.56. The highest BCUT2D eigenvalue weighted by molar-refractivity contribution is 5.44. The van der Waals surface area contributed by atoms with E-state index in [4.69, 9.17) is 4.74 Å².